The maximum atomic E-state index is 13.0. The van der Waals surface area contributed by atoms with Crippen LogP contribution in [0, 0.1) is 0 Å². The van der Waals surface area contributed by atoms with E-state index in [1.807, 2.05) is 72.5 Å². The molecule has 4 aromatic rings. The second kappa shape index (κ2) is 9.18. The molecular formula is C26H22N2O2S2. The van der Waals surface area contributed by atoms with Crippen LogP contribution >= 0.6 is 23.1 Å². The summed E-state index contributed by atoms with van der Waals surface area (Å²) in [6.07, 6.45) is 0. The van der Waals surface area contributed by atoms with Crippen LogP contribution in [0.4, 0.5) is 5.13 Å². The van der Waals surface area contributed by atoms with Gasteiger partial charge >= 0.3 is 0 Å². The van der Waals surface area contributed by atoms with Gasteiger partial charge in [0.25, 0.3) is 0 Å². The molecular weight excluding hydrogens is 436 g/mol. The monoisotopic (exact) mass is 458 g/mol. The van der Waals surface area contributed by atoms with Gasteiger partial charge < -0.3 is 4.74 Å². The molecule has 1 saturated heterocycles. The molecule has 5 rings (SSSR count). The minimum absolute atomic E-state index is 0.0851. The van der Waals surface area contributed by atoms with E-state index in [0.29, 0.717) is 12.4 Å². The summed E-state index contributed by atoms with van der Waals surface area (Å²) < 4.78 is 5.58. The highest BCUT2D eigenvalue weighted by Crippen LogP contribution is 2.47. The molecule has 0 N–H and O–H groups in total. The molecule has 0 unspecified atom stereocenters. The first-order chi connectivity index (χ1) is 15.7. The highest BCUT2D eigenvalue weighted by atomic mass is 32.2. The number of hydrogen-bond donors (Lipinski definition) is 0. The smallest absolute Gasteiger partial charge is 0.240 e. The summed E-state index contributed by atoms with van der Waals surface area (Å²) >= 11 is 3.21. The molecule has 1 aliphatic heterocycles. The number of thioether (sulfide) groups is 1. The normalized spacial score (nSPS) is 15.8. The molecule has 32 heavy (non-hydrogen) atoms. The van der Waals surface area contributed by atoms with Crippen LogP contribution in [0.2, 0.25) is 0 Å². The molecule has 0 aliphatic carbocycles. The summed E-state index contributed by atoms with van der Waals surface area (Å²) in [5, 5.41) is 0.633. The van der Waals surface area contributed by atoms with Crippen molar-refractivity contribution in [1.82, 2.24) is 4.98 Å². The van der Waals surface area contributed by atoms with E-state index in [1.165, 1.54) is 0 Å². The third-order valence-corrected chi connectivity index (χ3v) is 7.57. The molecule has 3 aromatic carbocycles. The fraction of sp³-hybridized carbons (Fsp3) is 0.154. The van der Waals surface area contributed by atoms with Crippen molar-refractivity contribution in [2.75, 3.05) is 17.3 Å². The van der Waals surface area contributed by atoms with E-state index in [4.69, 9.17) is 9.72 Å². The van der Waals surface area contributed by atoms with Crippen molar-refractivity contribution in [2.24, 2.45) is 0 Å². The van der Waals surface area contributed by atoms with Gasteiger partial charge in [-0.3, -0.25) is 9.69 Å². The molecule has 6 heteroatoms. The van der Waals surface area contributed by atoms with E-state index >= 15 is 0 Å². The number of thiazole rings is 1. The Morgan fingerprint density at radius 1 is 0.938 bits per heavy atom. The van der Waals surface area contributed by atoms with Crippen molar-refractivity contribution in [3.05, 3.63) is 90.5 Å². The van der Waals surface area contributed by atoms with Crippen LogP contribution in [0.5, 0.6) is 5.75 Å². The van der Waals surface area contributed by atoms with Gasteiger partial charge in [-0.2, -0.15) is 0 Å². The van der Waals surface area contributed by atoms with Crippen molar-refractivity contribution >= 4 is 34.1 Å². The third kappa shape index (κ3) is 4.04. The van der Waals surface area contributed by atoms with E-state index in [2.05, 4.69) is 24.3 Å². The van der Waals surface area contributed by atoms with Crippen molar-refractivity contribution in [3.8, 4) is 27.4 Å². The maximum absolute atomic E-state index is 13.0. The van der Waals surface area contributed by atoms with Crippen molar-refractivity contribution in [3.63, 3.8) is 0 Å². The van der Waals surface area contributed by atoms with Gasteiger partial charge in [-0.15, -0.1) is 11.8 Å². The largest absolute Gasteiger partial charge is 0.494 e. The number of anilines is 1. The predicted molar refractivity (Wildman–Crippen MR) is 133 cm³/mol. The molecule has 4 nitrogen and oxygen atoms in total. The number of ether oxygens (including phenoxy) is 1. The zero-order valence-corrected chi connectivity index (χ0v) is 19.2. The van der Waals surface area contributed by atoms with Crippen LogP contribution in [0.1, 0.15) is 17.9 Å². The van der Waals surface area contributed by atoms with Crippen LogP contribution in [-0.4, -0.2) is 23.3 Å². The maximum Gasteiger partial charge on any atom is 0.240 e. The number of nitrogens with zero attached hydrogens (tertiary/aromatic N) is 2. The number of amides is 1. The molecule has 0 spiro atoms. The van der Waals surface area contributed by atoms with E-state index in [-0.39, 0.29) is 11.3 Å². The van der Waals surface area contributed by atoms with Crippen LogP contribution in [0.3, 0.4) is 0 Å². The summed E-state index contributed by atoms with van der Waals surface area (Å²) in [6.45, 7) is 2.60. The van der Waals surface area contributed by atoms with E-state index in [9.17, 15) is 4.79 Å². The minimum atomic E-state index is -0.100. The Balaban J connectivity index is 1.57. The second-order valence-electron chi connectivity index (χ2n) is 7.34. The lowest BCUT2D eigenvalue weighted by molar-refractivity contribution is -0.115. The molecule has 1 aliphatic rings. The van der Waals surface area contributed by atoms with Crippen LogP contribution in [0.15, 0.2) is 84.9 Å². The molecule has 1 fully saturated rings. The van der Waals surface area contributed by atoms with Gasteiger partial charge in [0.15, 0.2) is 5.13 Å². The summed E-state index contributed by atoms with van der Waals surface area (Å²) in [5.41, 5.74) is 4.13. The summed E-state index contributed by atoms with van der Waals surface area (Å²) in [7, 11) is 0. The van der Waals surface area contributed by atoms with Gasteiger partial charge in [0.05, 0.1) is 22.9 Å². The topological polar surface area (TPSA) is 42.4 Å². The number of rotatable bonds is 6. The Kier molecular flexibility index (Phi) is 5.97. The lowest BCUT2D eigenvalue weighted by Crippen LogP contribution is -2.27. The van der Waals surface area contributed by atoms with E-state index in [0.717, 1.165) is 38.1 Å². The Bertz CT molecular complexity index is 1150. The molecule has 160 valence electrons. The zero-order valence-electron chi connectivity index (χ0n) is 17.6. The average molecular weight is 459 g/mol. The number of carbonyl (C=O) groups is 1. The zero-order chi connectivity index (χ0) is 21.9. The number of carbonyl (C=O) groups excluding carboxylic acids is 1. The summed E-state index contributed by atoms with van der Waals surface area (Å²) in [5.74, 6) is 1.37. The van der Waals surface area contributed by atoms with Gasteiger partial charge in [0, 0.05) is 5.56 Å². The fourth-order valence-corrected chi connectivity index (χ4v) is 6.12. The predicted octanol–water partition coefficient (Wildman–Crippen LogP) is 6.65. The van der Waals surface area contributed by atoms with Gasteiger partial charge in [0.1, 0.15) is 11.1 Å². The minimum Gasteiger partial charge on any atom is -0.494 e. The lowest BCUT2D eigenvalue weighted by Gasteiger charge is -2.21. The summed E-state index contributed by atoms with van der Waals surface area (Å²) in [6, 6.07) is 28.4. The van der Waals surface area contributed by atoms with Crippen molar-refractivity contribution in [1.29, 1.82) is 0 Å². The molecule has 2 heterocycles. The highest BCUT2D eigenvalue weighted by molar-refractivity contribution is 8.00. The van der Waals surface area contributed by atoms with Gasteiger partial charge in [-0.25, -0.2) is 4.98 Å². The summed E-state index contributed by atoms with van der Waals surface area (Å²) in [4.78, 5) is 20.9. The standard InChI is InChI=1S/C26H22N2O2S2/c1-2-30-21-15-13-20(14-16-21)25-28(22(29)17-31-25)26-27-23(18-9-5-3-6-10-18)24(32-26)19-11-7-4-8-12-19/h3-16,25H,2,17H2,1H3/t25-/m1/s1. The molecule has 1 amide bonds. The third-order valence-electron chi connectivity index (χ3n) is 5.25. The number of hydrogen-bond acceptors (Lipinski definition) is 5. The highest BCUT2D eigenvalue weighted by Gasteiger charge is 2.36. The number of aromatic nitrogens is 1. The fourth-order valence-electron chi connectivity index (χ4n) is 3.76. The Morgan fingerprint density at radius 3 is 2.25 bits per heavy atom. The van der Waals surface area contributed by atoms with Crippen molar-refractivity contribution < 1.29 is 9.53 Å². The Labute approximate surface area is 195 Å². The average Bonchev–Trinajstić information content (AvgIpc) is 3.45. The molecule has 0 saturated carbocycles. The van der Waals surface area contributed by atoms with E-state index in [1.54, 1.807) is 23.1 Å². The van der Waals surface area contributed by atoms with Crippen molar-refractivity contribution in [2.45, 2.75) is 12.3 Å². The quantitative estimate of drug-likeness (QED) is 0.324. The first-order valence-corrected chi connectivity index (χ1v) is 12.4. The molecule has 1 aromatic heterocycles. The SMILES string of the molecule is CCOc1ccc([C@H]2SCC(=O)N2c2nc(-c3ccccc3)c(-c3ccccc3)s2)cc1. The van der Waals surface area contributed by atoms with Crippen LogP contribution in [-0.2, 0) is 4.79 Å². The Morgan fingerprint density at radius 2 is 1.59 bits per heavy atom. The lowest BCUT2D eigenvalue weighted by atomic mass is 10.1. The van der Waals surface area contributed by atoms with Gasteiger partial charge in [-0.05, 0) is 30.2 Å². The molecule has 0 radical (unpaired) electrons. The van der Waals surface area contributed by atoms with E-state index < -0.39 is 0 Å². The second-order valence-corrected chi connectivity index (χ2v) is 9.38. The first-order valence-electron chi connectivity index (χ1n) is 10.5. The van der Waals surface area contributed by atoms with Crippen LogP contribution in [0.25, 0.3) is 21.7 Å². The molecule has 0 bridgehead atoms. The number of benzene rings is 3. The van der Waals surface area contributed by atoms with Gasteiger partial charge in [0.2, 0.25) is 5.91 Å². The van der Waals surface area contributed by atoms with Gasteiger partial charge in [-0.1, -0.05) is 84.1 Å². The Hall–Kier alpha value is -3.09. The molecule has 1 atom stereocenters. The first kappa shape index (κ1) is 20.8. The van der Waals surface area contributed by atoms with Crippen LogP contribution < -0.4 is 9.64 Å².